The van der Waals surface area contributed by atoms with Crippen LogP contribution in [0.4, 0.5) is 34.1 Å². The summed E-state index contributed by atoms with van der Waals surface area (Å²) in [4.78, 5) is 9.07. The first-order chi connectivity index (χ1) is 29.8. The fourth-order valence-electron chi connectivity index (χ4n) is 7.06. The van der Waals surface area contributed by atoms with Crippen LogP contribution in [-0.2, 0) is 19.8 Å². The van der Waals surface area contributed by atoms with Gasteiger partial charge in [0.05, 0.1) is 13.7 Å². The monoisotopic (exact) mass is 1000 g/mol. The van der Waals surface area contributed by atoms with Crippen LogP contribution < -0.4 is 35.5 Å². The summed E-state index contributed by atoms with van der Waals surface area (Å²) in [5.74, 6) is 4.78. The van der Waals surface area contributed by atoms with Gasteiger partial charge in [0.2, 0.25) is 0 Å². The molecule has 2 aliphatic rings. The van der Waals surface area contributed by atoms with Crippen LogP contribution in [0.5, 0.6) is 0 Å². The van der Waals surface area contributed by atoms with Gasteiger partial charge in [-0.25, -0.2) is 0 Å². The second kappa shape index (κ2) is 22.7. The third kappa shape index (κ3) is 11.5. The fraction of sp³-hybridized carbons (Fsp3) is 0.0370. The van der Waals surface area contributed by atoms with E-state index in [2.05, 4.69) is 227 Å². The first kappa shape index (κ1) is 43.3. The van der Waals surface area contributed by atoms with Crippen molar-refractivity contribution in [1.29, 1.82) is 0 Å². The van der Waals surface area contributed by atoms with Crippen LogP contribution in [0.1, 0.15) is 0 Å². The number of benzene rings is 8. The number of rotatable bonds is 10. The van der Waals surface area contributed by atoms with E-state index < -0.39 is 7.92 Å². The van der Waals surface area contributed by atoms with Gasteiger partial charge in [-0.05, 0) is 59.7 Å². The molecule has 0 aromatic heterocycles. The number of anilines is 6. The number of hydrogen-bond donors (Lipinski definition) is 0. The molecule has 61 heavy (non-hydrogen) atoms. The van der Waals surface area contributed by atoms with Crippen molar-refractivity contribution in [2.75, 3.05) is 32.7 Å². The SMILES string of the molecule is C(=C\[PH+](c1ccccc1)c1ccccc1)/Pc1ccccc1.[Os+5].[c-]1ccccc1.[c-]1ccccc1N1[CH-]N(CCN2[CH-]N(c3[c-]cccc3)c3ccccc32)c2ccccc21. The summed E-state index contributed by atoms with van der Waals surface area (Å²) in [7, 11) is -0.111. The van der Waals surface area contributed by atoms with E-state index >= 15 is 0 Å². The van der Waals surface area contributed by atoms with Crippen LogP contribution >= 0.6 is 16.5 Å². The largest absolute Gasteiger partial charge is 5.00 e. The number of para-hydroxylation sites is 6. The Kier molecular flexibility index (Phi) is 16.1. The molecule has 0 N–H and O–H groups in total. The molecule has 2 aliphatic heterocycles. The van der Waals surface area contributed by atoms with Gasteiger partial charge >= 0.3 is 19.8 Å². The van der Waals surface area contributed by atoms with Gasteiger partial charge in [0.15, 0.2) is 0 Å². The van der Waals surface area contributed by atoms with E-state index in [0.29, 0.717) is 0 Å². The van der Waals surface area contributed by atoms with E-state index in [9.17, 15) is 0 Å². The Bertz CT molecular complexity index is 2330. The Labute approximate surface area is 378 Å². The van der Waals surface area contributed by atoms with Crippen LogP contribution in [-0.4, -0.2) is 13.1 Å². The fourth-order valence-corrected chi connectivity index (χ4v) is 10.5. The molecular weight excluding hydrogens is 957 g/mol. The van der Waals surface area contributed by atoms with Crippen LogP contribution in [0, 0.1) is 31.5 Å². The maximum atomic E-state index is 3.35. The van der Waals surface area contributed by atoms with Crippen molar-refractivity contribution in [2.24, 2.45) is 0 Å². The summed E-state index contributed by atoms with van der Waals surface area (Å²) in [6, 6.07) is 84.8. The first-order valence-electron chi connectivity index (χ1n) is 20.1. The first-order valence-corrected chi connectivity index (χ1v) is 22.8. The van der Waals surface area contributed by atoms with Crippen LogP contribution in [0.2, 0.25) is 0 Å². The summed E-state index contributed by atoms with van der Waals surface area (Å²) in [5, 5.41) is 4.27. The van der Waals surface area contributed by atoms with Gasteiger partial charge < -0.3 is 19.6 Å². The molecular formula is C54H46N4OsP2+. The minimum Gasteiger partial charge on any atom is -0.500 e. The van der Waals surface area contributed by atoms with Crippen LogP contribution in [0.25, 0.3) is 0 Å². The molecule has 8 aromatic rings. The second-order valence-electron chi connectivity index (χ2n) is 13.9. The molecule has 0 aliphatic carbocycles. The van der Waals surface area contributed by atoms with Gasteiger partial charge in [0.1, 0.15) is 10.6 Å². The zero-order chi connectivity index (χ0) is 40.6. The predicted octanol–water partition coefficient (Wildman–Crippen LogP) is 12.0. The quantitative estimate of drug-likeness (QED) is 0.1000. The Hall–Kier alpha value is -5.80. The summed E-state index contributed by atoms with van der Waals surface area (Å²) >= 11 is 0. The Morgan fingerprint density at radius 2 is 0.836 bits per heavy atom. The van der Waals surface area contributed by atoms with Crippen molar-refractivity contribution >= 4 is 66.5 Å². The molecule has 299 valence electrons. The van der Waals surface area contributed by atoms with Gasteiger partial charge in [-0.2, -0.15) is 110 Å². The third-order valence-corrected chi connectivity index (χ3v) is 13.7. The molecule has 0 amide bonds. The van der Waals surface area contributed by atoms with Gasteiger partial charge in [-0.3, -0.25) is 0 Å². The van der Waals surface area contributed by atoms with E-state index in [4.69, 9.17) is 0 Å². The maximum absolute atomic E-state index is 3.35. The van der Waals surface area contributed by atoms with E-state index in [1.165, 1.54) is 38.7 Å². The minimum absolute atomic E-state index is 0. The maximum Gasteiger partial charge on any atom is 5.00 e. The van der Waals surface area contributed by atoms with Crippen molar-refractivity contribution in [3.05, 3.63) is 262 Å². The van der Waals surface area contributed by atoms with E-state index in [0.717, 1.165) is 33.0 Å². The van der Waals surface area contributed by atoms with Crippen molar-refractivity contribution in [2.45, 2.75) is 0 Å². The van der Waals surface area contributed by atoms with E-state index in [-0.39, 0.29) is 19.8 Å². The smallest absolute Gasteiger partial charge is 0.500 e. The van der Waals surface area contributed by atoms with Gasteiger partial charge in [-0.1, -0.05) is 99.6 Å². The molecule has 0 spiro atoms. The normalized spacial score (nSPS) is 12.7. The average Bonchev–Trinajstić information content (AvgIpc) is 3.91. The molecule has 2 heterocycles. The minimum atomic E-state index is -0.843. The summed E-state index contributed by atoms with van der Waals surface area (Å²) in [6.45, 7) is 6.08. The molecule has 0 bridgehead atoms. The standard InChI is InChI=1S/C28H22N4.C20H18P2.C6H5.Os/c1-3-11-23(12-4-1)31-21-29(25-15-7-9-17-27(25)31)19-20-30-22-32(24-13-5-2-6-14-24)28-18-10-8-16-26(28)30;1-4-10-18(11-5-1)21-16-17-22(19-12-6-2-7-13-19)20-14-8-3-9-15-20;1-2-4-6-5-3-1;/h1-11,13,15-18,21-22H,19-20H2;1-17,21H;1-5H;/q-4;;-1;+5/p+1/b;17-16+;;. The molecule has 1 unspecified atom stereocenters. The van der Waals surface area contributed by atoms with Crippen molar-refractivity contribution in [1.82, 2.24) is 0 Å². The van der Waals surface area contributed by atoms with Crippen LogP contribution in [0.3, 0.4) is 0 Å². The molecule has 7 heteroatoms. The molecule has 8 aromatic carbocycles. The average molecular weight is 1000 g/mol. The topological polar surface area (TPSA) is 13.0 Å². The van der Waals surface area contributed by atoms with Gasteiger partial charge in [-0.15, -0.1) is 11.4 Å². The Balaban J connectivity index is 0.000000168. The predicted molar refractivity (Wildman–Crippen MR) is 260 cm³/mol. The molecule has 1 radical (unpaired) electrons. The van der Waals surface area contributed by atoms with Crippen molar-refractivity contribution in [3.63, 3.8) is 0 Å². The third-order valence-electron chi connectivity index (χ3n) is 9.95. The summed E-state index contributed by atoms with van der Waals surface area (Å²) < 4.78 is 0. The van der Waals surface area contributed by atoms with Crippen LogP contribution in [0.15, 0.2) is 230 Å². The zero-order valence-electron chi connectivity index (χ0n) is 33.7. The van der Waals surface area contributed by atoms with Crippen molar-refractivity contribution in [3.8, 4) is 0 Å². The number of nitrogens with zero attached hydrogens (tertiary/aromatic N) is 4. The second-order valence-corrected chi connectivity index (χ2v) is 17.4. The molecule has 0 saturated heterocycles. The molecule has 0 fully saturated rings. The number of fused-ring (bicyclic) bond motifs is 2. The summed E-state index contributed by atoms with van der Waals surface area (Å²) in [5.41, 5.74) is 6.89. The molecule has 4 nitrogen and oxygen atoms in total. The molecule has 0 saturated carbocycles. The van der Waals surface area contributed by atoms with E-state index in [1.807, 2.05) is 54.6 Å². The van der Waals surface area contributed by atoms with Gasteiger partial charge in [0.25, 0.3) is 0 Å². The molecule has 10 rings (SSSR count). The Morgan fingerprint density at radius 3 is 1.25 bits per heavy atom. The van der Waals surface area contributed by atoms with Crippen molar-refractivity contribution < 1.29 is 19.8 Å². The van der Waals surface area contributed by atoms with Gasteiger partial charge in [0, 0.05) is 35.8 Å². The number of hydrogen-bond acceptors (Lipinski definition) is 4. The molecule has 1 atom stereocenters. The van der Waals surface area contributed by atoms with E-state index in [1.54, 1.807) is 0 Å². The summed E-state index contributed by atoms with van der Waals surface area (Å²) in [6.07, 6.45) is 0. The Morgan fingerprint density at radius 1 is 0.443 bits per heavy atom. The zero-order valence-corrected chi connectivity index (χ0v) is 38.2.